The van der Waals surface area contributed by atoms with E-state index < -0.39 is 0 Å². The molecule has 4 heteroatoms. The second-order valence-corrected chi connectivity index (χ2v) is 4.46. The first kappa shape index (κ1) is 12.4. The lowest BCUT2D eigenvalue weighted by molar-refractivity contribution is 0.306. The highest BCUT2D eigenvalue weighted by Crippen LogP contribution is 2.25. The topological polar surface area (TPSA) is 60.2 Å². The van der Waals surface area contributed by atoms with Crippen LogP contribution < -0.4 is 16.0 Å². The van der Waals surface area contributed by atoms with E-state index in [4.69, 9.17) is 10.6 Å². The number of ether oxygens (including phenoxy) is 1. The number of hydrogen-bond donors (Lipinski definition) is 2. The molecule has 20 heavy (non-hydrogen) atoms. The van der Waals surface area contributed by atoms with Crippen LogP contribution in [-0.4, -0.2) is 4.98 Å². The number of pyridine rings is 1. The highest BCUT2D eigenvalue weighted by Gasteiger charge is 2.03. The number of nitrogen functional groups attached to an aromatic ring is 1. The van der Waals surface area contributed by atoms with Crippen molar-refractivity contribution in [2.45, 2.75) is 6.61 Å². The summed E-state index contributed by atoms with van der Waals surface area (Å²) in [5.41, 5.74) is 5.53. The quantitative estimate of drug-likeness (QED) is 0.562. The zero-order valence-electron chi connectivity index (χ0n) is 10.9. The molecule has 0 aliphatic heterocycles. The van der Waals surface area contributed by atoms with Gasteiger partial charge in [0.15, 0.2) is 0 Å². The van der Waals surface area contributed by atoms with Crippen molar-refractivity contribution in [3.05, 3.63) is 66.4 Å². The first-order valence-electron chi connectivity index (χ1n) is 6.39. The molecule has 0 fully saturated rings. The molecule has 2 aromatic carbocycles. The first-order chi connectivity index (χ1) is 9.86. The number of rotatable bonds is 4. The molecular weight excluding hydrogens is 250 g/mol. The molecular formula is C16H15N3O. The van der Waals surface area contributed by atoms with E-state index in [9.17, 15) is 0 Å². The van der Waals surface area contributed by atoms with Crippen LogP contribution in [0.3, 0.4) is 0 Å². The largest absolute Gasteiger partial charge is 0.489 e. The second-order valence-electron chi connectivity index (χ2n) is 4.46. The summed E-state index contributed by atoms with van der Waals surface area (Å²) < 4.78 is 5.80. The molecule has 4 nitrogen and oxygen atoms in total. The maximum Gasteiger partial charge on any atom is 0.120 e. The number of nitrogens with one attached hydrogen (secondary N) is 1. The Morgan fingerprint density at radius 2 is 1.90 bits per heavy atom. The van der Waals surface area contributed by atoms with Crippen molar-refractivity contribution in [1.82, 2.24) is 4.98 Å². The Labute approximate surface area is 117 Å². The van der Waals surface area contributed by atoms with Gasteiger partial charge in [-0.15, -0.1) is 0 Å². The van der Waals surface area contributed by atoms with Crippen molar-refractivity contribution in [1.29, 1.82) is 0 Å². The molecule has 0 radical (unpaired) electrons. The summed E-state index contributed by atoms with van der Waals surface area (Å²) >= 11 is 0. The van der Waals surface area contributed by atoms with Crippen LogP contribution in [0.25, 0.3) is 10.9 Å². The number of nitrogens with two attached hydrogens (primary N) is 1. The van der Waals surface area contributed by atoms with Gasteiger partial charge in [0.1, 0.15) is 12.4 Å². The van der Waals surface area contributed by atoms with Crippen molar-refractivity contribution in [2.24, 2.45) is 5.84 Å². The number of aromatic nitrogens is 1. The van der Waals surface area contributed by atoms with E-state index >= 15 is 0 Å². The Bertz CT molecular complexity index is 713. The third-order valence-corrected chi connectivity index (χ3v) is 3.12. The summed E-state index contributed by atoms with van der Waals surface area (Å²) in [5.74, 6) is 6.31. The van der Waals surface area contributed by atoms with Gasteiger partial charge in [-0.3, -0.25) is 10.8 Å². The van der Waals surface area contributed by atoms with E-state index in [-0.39, 0.29) is 0 Å². The van der Waals surface area contributed by atoms with Gasteiger partial charge in [-0.2, -0.15) is 0 Å². The van der Waals surface area contributed by atoms with Crippen molar-refractivity contribution in [3.8, 4) is 5.75 Å². The number of hydrazine groups is 1. The zero-order valence-corrected chi connectivity index (χ0v) is 10.9. The maximum atomic E-state index is 5.80. The van der Waals surface area contributed by atoms with Crippen LogP contribution in [0, 0.1) is 0 Å². The minimum absolute atomic E-state index is 0.540. The molecule has 3 N–H and O–H groups in total. The zero-order chi connectivity index (χ0) is 13.8. The van der Waals surface area contributed by atoms with Crippen molar-refractivity contribution in [3.63, 3.8) is 0 Å². The summed E-state index contributed by atoms with van der Waals surface area (Å²) in [4.78, 5) is 4.30. The van der Waals surface area contributed by atoms with Gasteiger partial charge in [0, 0.05) is 11.6 Å². The normalized spacial score (nSPS) is 10.4. The molecule has 1 heterocycles. The Balaban J connectivity index is 1.85. The number of hydrogen-bond acceptors (Lipinski definition) is 4. The van der Waals surface area contributed by atoms with Crippen LogP contribution in [0.5, 0.6) is 5.75 Å². The standard InChI is InChI=1S/C16H15N3O/c17-19-16-8-9-18-15-7-6-13(10-14(15)16)20-11-12-4-2-1-3-5-12/h1-10H,11,17H2,(H,18,19). The van der Waals surface area contributed by atoms with E-state index in [1.54, 1.807) is 6.20 Å². The monoisotopic (exact) mass is 265 g/mol. The van der Waals surface area contributed by atoms with Gasteiger partial charge in [0.2, 0.25) is 0 Å². The second kappa shape index (κ2) is 5.59. The fourth-order valence-electron chi connectivity index (χ4n) is 2.08. The summed E-state index contributed by atoms with van der Waals surface area (Å²) in [6.45, 7) is 0.540. The van der Waals surface area contributed by atoms with Crippen LogP contribution in [0.4, 0.5) is 5.69 Å². The van der Waals surface area contributed by atoms with Crippen molar-refractivity contribution >= 4 is 16.6 Å². The minimum atomic E-state index is 0.540. The molecule has 0 atom stereocenters. The molecule has 0 aliphatic rings. The summed E-state index contributed by atoms with van der Waals surface area (Å²) in [6.07, 6.45) is 1.72. The molecule has 0 unspecified atom stereocenters. The van der Waals surface area contributed by atoms with E-state index in [1.807, 2.05) is 54.6 Å². The van der Waals surface area contributed by atoms with Gasteiger partial charge in [-0.1, -0.05) is 30.3 Å². The van der Waals surface area contributed by atoms with Gasteiger partial charge in [0.05, 0.1) is 11.2 Å². The fraction of sp³-hybridized carbons (Fsp3) is 0.0625. The Morgan fingerprint density at radius 3 is 2.70 bits per heavy atom. The average Bonchev–Trinajstić information content (AvgIpc) is 2.53. The van der Waals surface area contributed by atoms with Crippen LogP contribution in [0.15, 0.2) is 60.8 Å². The number of nitrogens with zero attached hydrogens (tertiary/aromatic N) is 1. The molecule has 0 aliphatic carbocycles. The lowest BCUT2D eigenvalue weighted by atomic mass is 10.2. The smallest absolute Gasteiger partial charge is 0.120 e. The van der Waals surface area contributed by atoms with Crippen LogP contribution in [0.2, 0.25) is 0 Å². The average molecular weight is 265 g/mol. The highest BCUT2D eigenvalue weighted by atomic mass is 16.5. The van der Waals surface area contributed by atoms with Gasteiger partial charge < -0.3 is 10.2 Å². The molecule has 3 rings (SSSR count). The maximum absolute atomic E-state index is 5.80. The summed E-state index contributed by atoms with van der Waals surface area (Å²) in [6, 6.07) is 17.7. The third-order valence-electron chi connectivity index (χ3n) is 3.12. The predicted molar refractivity (Wildman–Crippen MR) is 80.3 cm³/mol. The van der Waals surface area contributed by atoms with E-state index in [0.717, 1.165) is 27.9 Å². The number of fused-ring (bicyclic) bond motifs is 1. The van der Waals surface area contributed by atoms with Gasteiger partial charge in [-0.05, 0) is 29.8 Å². The minimum Gasteiger partial charge on any atom is -0.489 e. The van der Waals surface area contributed by atoms with Crippen molar-refractivity contribution in [2.75, 3.05) is 5.43 Å². The SMILES string of the molecule is NNc1ccnc2ccc(OCc3ccccc3)cc12. The van der Waals surface area contributed by atoms with Crippen LogP contribution in [-0.2, 0) is 6.61 Å². The first-order valence-corrected chi connectivity index (χ1v) is 6.39. The van der Waals surface area contributed by atoms with E-state index in [1.165, 1.54) is 0 Å². The lowest BCUT2D eigenvalue weighted by Gasteiger charge is -2.09. The van der Waals surface area contributed by atoms with Crippen LogP contribution >= 0.6 is 0 Å². The lowest BCUT2D eigenvalue weighted by Crippen LogP contribution is -2.07. The number of anilines is 1. The van der Waals surface area contributed by atoms with Gasteiger partial charge in [0.25, 0.3) is 0 Å². The van der Waals surface area contributed by atoms with E-state index in [0.29, 0.717) is 6.61 Å². The molecule has 100 valence electrons. The predicted octanol–water partition coefficient (Wildman–Crippen LogP) is 3.10. The Morgan fingerprint density at radius 1 is 1.05 bits per heavy atom. The molecule has 0 bridgehead atoms. The van der Waals surface area contributed by atoms with Gasteiger partial charge in [-0.25, -0.2) is 0 Å². The molecule has 0 amide bonds. The highest BCUT2D eigenvalue weighted by molar-refractivity contribution is 5.91. The van der Waals surface area contributed by atoms with E-state index in [2.05, 4.69) is 10.4 Å². The molecule has 0 saturated carbocycles. The number of benzene rings is 2. The van der Waals surface area contributed by atoms with Gasteiger partial charge >= 0.3 is 0 Å². The molecule has 3 aromatic rings. The Kier molecular flexibility index (Phi) is 3.48. The Hall–Kier alpha value is -2.59. The fourth-order valence-corrected chi connectivity index (χ4v) is 2.08. The molecule has 0 saturated heterocycles. The summed E-state index contributed by atoms with van der Waals surface area (Å²) in [5, 5.41) is 0.945. The third kappa shape index (κ3) is 2.55. The molecule has 0 spiro atoms. The van der Waals surface area contributed by atoms with Crippen LogP contribution in [0.1, 0.15) is 5.56 Å². The van der Waals surface area contributed by atoms with Crippen molar-refractivity contribution < 1.29 is 4.74 Å². The summed E-state index contributed by atoms with van der Waals surface area (Å²) in [7, 11) is 0. The molecule has 1 aromatic heterocycles.